The second-order valence-electron chi connectivity index (χ2n) is 6.88. The third-order valence-electron chi connectivity index (χ3n) is 5.23. The van der Waals surface area contributed by atoms with E-state index in [1.165, 1.54) is 57.8 Å². The van der Waals surface area contributed by atoms with Crippen molar-refractivity contribution in [2.75, 3.05) is 6.61 Å². The van der Waals surface area contributed by atoms with Gasteiger partial charge < -0.3 is 4.74 Å². The molecular formula is C18H32O2. The summed E-state index contributed by atoms with van der Waals surface area (Å²) >= 11 is 0. The highest BCUT2D eigenvalue weighted by molar-refractivity contribution is 5.79. The largest absolute Gasteiger partial charge is 0.378 e. The molecule has 0 amide bonds. The van der Waals surface area contributed by atoms with E-state index in [9.17, 15) is 4.79 Å². The van der Waals surface area contributed by atoms with Crippen molar-refractivity contribution >= 4 is 5.78 Å². The van der Waals surface area contributed by atoms with Gasteiger partial charge in [-0.05, 0) is 43.9 Å². The molecule has 2 aliphatic rings. The van der Waals surface area contributed by atoms with E-state index in [0.29, 0.717) is 17.8 Å². The van der Waals surface area contributed by atoms with Crippen LogP contribution >= 0.6 is 0 Å². The highest BCUT2D eigenvalue weighted by Gasteiger charge is 2.35. The zero-order valence-electron chi connectivity index (χ0n) is 13.2. The third kappa shape index (κ3) is 5.20. The van der Waals surface area contributed by atoms with Crippen molar-refractivity contribution in [3.05, 3.63) is 0 Å². The number of hydrogen-bond acceptors (Lipinski definition) is 2. The van der Waals surface area contributed by atoms with Crippen LogP contribution in [0.2, 0.25) is 0 Å². The van der Waals surface area contributed by atoms with Crippen LogP contribution in [-0.4, -0.2) is 18.5 Å². The number of ether oxygens (including phenoxy) is 1. The maximum atomic E-state index is 11.5. The summed E-state index contributed by atoms with van der Waals surface area (Å²) < 4.78 is 6.08. The maximum absolute atomic E-state index is 11.5. The molecular weight excluding hydrogens is 248 g/mol. The standard InChI is InChI=1S/C18H32O2/c1-2-3-4-5-6-7-12-20-18-11-9-15-13-17(19)10-8-16(15)14-18/h15-16,18H,2-14H2,1H3. The van der Waals surface area contributed by atoms with E-state index in [0.717, 1.165) is 31.8 Å². The Morgan fingerprint density at radius 3 is 2.65 bits per heavy atom. The summed E-state index contributed by atoms with van der Waals surface area (Å²) in [6.45, 7) is 3.21. The molecule has 2 aliphatic carbocycles. The van der Waals surface area contributed by atoms with Crippen molar-refractivity contribution in [2.45, 2.75) is 90.1 Å². The molecule has 0 aromatic heterocycles. The van der Waals surface area contributed by atoms with E-state index < -0.39 is 0 Å². The minimum atomic E-state index is 0.486. The van der Waals surface area contributed by atoms with Crippen LogP contribution in [0.4, 0.5) is 0 Å². The van der Waals surface area contributed by atoms with Crippen molar-refractivity contribution in [1.29, 1.82) is 0 Å². The van der Waals surface area contributed by atoms with Gasteiger partial charge in [0.25, 0.3) is 0 Å². The van der Waals surface area contributed by atoms with E-state index in [-0.39, 0.29) is 0 Å². The molecule has 3 atom stereocenters. The van der Waals surface area contributed by atoms with Gasteiger partial charge in [0, 0.05) is 19.4 Å². The number of rotatable bonds is 8. The fraction of sp³-hybridized carbons (Fsp3) is 0.944. The van der Waals surface area contributed by atoms with Gasteiger partial charge in [-0.15, -0.1) is 0 Å². The maximum Gasteiger partial charge on any atom is 0.133 e. The lowest BCUT2D eigenvalue weighted by Crippen LogP contribution is -2.34. The molecule has 2 saturated carbocycles. The van der Waals surface area contributed by atoms with Crippen LogP contribution in [0.3, 0.4) is 0 Å². The fourth-order valence-electron chi connectivity index (χ4n) is 3.93. The van der Waals surface area contributed by atoms with E-state index in [4.69, 9.17) is 4.74 Å². The highest BCUT2D eigenvalue weighted by Crippen LogP contribution is 2.40. The summed E-state index contributed by atoms with van der Waals surface area (Å²) in [5.74, 6) is 1.96. The molecule has 3 unspecified atom stereocenters. The molecule has 0 aromatic rings. The van der Waals surface area contributed by atoms with E-state index >= 15 is 0 Å². The Labute approximate surface area is 124 Å². The Morgan fingerprint density at radius 2 is 1.80 bits per heavy atom. The van der Waals surface area contributed by atoms with Gasteiger partial charge in [0.1, 0.15) is 5.78 Å². The minimum Gasteiger partial charge on any atom is -0.378 e. The first-order chi connectivity index (χ1) is 9.79. The normalized spacial score (nSPS) is 30.2. The zero-order valence-corrected chi connectivity index (χ0v) is 13.2. The fourth-order valence-corrected chi connectivity index (χ4v) is 3.93. The number of carbonyl (C=O) groups is 1. The number of Topliss-reactive ketones (excluding diaryl/α,β-unsaturated/α-hetero) is 1. The van der Waals surface area contributed by atoms with Crippen LogP contribution in [-0.2, 0) is 9.53 Å². The van der Waals surface area contributed by atoms with E-state index in [1.54, 1.807) is 0 Å². The molecule has 2 rings (SSSR count). The topological polar surface area (TPSA) is 26.3 Å². The van der Waals surface area contributed by atoms with Crippen molar-refractivity contribution in [3.8, 4) is 0 Å². The van der Waals surface area contributed by atoms with Crippen LogP contribution in [0.25, 0.3) is 0 Å². The molecule has 0 spiro atoms. The van der Waals surface area contributed by atoms with Gasteiger partial charge in [0.2, 0.25) is 0 Å². The third-order valence-corrected chi connectivity index (χ3v) is 5.23. The van der Waals surface area contributed by atoms with Crippen LogP contribution in [0.15, 0.2) is 0 Å². The molecule has 0 saturated heterocycles. The lowest BCUT2D eigenvalue weighted by molar-refractivity contribution is -0.124. The number of hydrogen-bond donors (Lipinski definition) is 0. The van der Waals surface area contributed by atoms with Crippen LogP contribution in [0.5, 0.6) is 0 Å². The molecule has 0 heterocycles. The first-order valence-electron chi connectivity index (χ1n) is 8.93. The molecule has 2 fully saturated rings. The van der Waals surface area contributed by atoms with Crippen molar-refractivity contribution in [2.24, 2.45) is 11.8 Å². The number of ketones is 1. The Balaban J connectivity index is 1.53. The summed E-state index contributed by atoms with van der Waals surface area (Å²) in [5.41, 5.74) is 0. The van der Waals surface area contributed by atoms with Gasteiger partial charge in [-0.2, -0.15) is 0 Å². The van der Waals surface area contributed by atoms with E-state index in [2.05, 4.69) is 6.92 Å². The van der Waals surface area contributed by atoms with Crippen LogP contribution in [0, 0.1) is 11.8 Å². The van der Waals surface area contributed by atoms with E-state index in [1.807, 2.05) is 0 Å². The zero-order chi connectivity index (χ0) is 14.2. The minimum absolute atomic E-state index is 0.486. The summed E-state index contributed by atoms with van der Waals surface area (Å²) in [6, 6.07) is 0. The number of carbonyl (C=O) groups excluding carboxylic acids is 1. The lowest BCUT2D eigenvalue weighted by atomic mass is 9.70. The Bertz CT molecular complexity index is 287. The first kappa shape index (κ1) is 16.0. The first-order valence-corrected chi connectivity index (χ1v) is 8.93. The molecule has 2 heteroatoms. The Morgan fingerprint density at radius 1 is 1.00 bits per heavy atom. The molecule has 116 valence electrons. The Hall–Kier alpha value is -0.370. The second kappa shape index (κ2) is 8.81. The van der Waals surface area contributed by atoms with Crippen molar-refractivity contribution < 1.29 is 9.53 Å². The van der Waals surface area contributed by atoms with Gasteiger partial charge in [0.05, 0.1) is 6.10 Å². The van der Waals surface area contributed by atoms with Gasteiger partial charge >= 0.3 is 0 Å². The molecule has 20 heavy (non-hydrogen) atoms. The van der Waals surface area contributed by atoms with Crippen molar-refractivity contribution in [1.82, 2.24) is 0 Å². The summed E-state index contributed by atoms with van der Waals surface area (Å²) in [4.78, 5) is 11.5. The van der Waals surface area contributed by atoms with Gasteiger partial charge in [-0.25, -0.2) is 0 Å². The number of unbranched alkanes of at least 4 members (excludes halogenated alkanes) is 5. The average molecular weight is 280 g/mol. The van der Waals surface area contributed by atoms with Crippen LogP contribution in [0.1, 0.15) is 84.0 Å². The van der Waals surface area contributed by atoms with Gasteiger partial charge in [-0.3, -0.25) is 4.79 Å². The quantitative estimate of drug-likeness (QED) is 0.591. The Kier molecular flexibility index (Phi) is 7.06. The predicted octanol–water partition coefficient (Wildman–Crippen LogP) is 4.90. The molecule has 0 aliphatic heterocycles. The lowest BCUT2D eigenvalue weighted by Gasteiger charge is -2.38. The smallest absolute Gasteiger partial charge is 0.133 e. The molecule has 0 bridgehead atoms. The predicted molar refractivity (Wildman–Crippen MR) is 82.8 cm³/mol. The van der Waals surface area contributed by atoms with Crippen molar-refractivity contribution in [3.63, 3.8) is 0 Å². The summed E-state index contributed by atoms with van der Waals surface area (Å²) in [7, 11) is 0. The second-order valence-corrected chi connectivity index (χ2v) is 6.88. The monoisotopic (exact) mass is 280 g/mol. The van der Waals surface area contributed by atoms with Crippen LogP contribution < -0.4 is 0 Å². The molecule has 0 N–H and O–H groups in total. The molecule has 0 aromatic carbocycles. The average Bonchev–Trinajstić information content (AvgIpc) is 2.46. The molecule has 2 nitrogen and oxygen atoms in total. The molecule has 0 radical (unpaired) electrons. The van der Waals surface area contributed by atoms with Gasteiger partial charge in [-0.1, -0.05) is 39.0 Å². The summed E-state index contributed by atoms with van der Waals surface area (Å²) in [6.07, 6.45) is 14.9. The van der Waals surface area contributed by atoms with Gasteiger partial charge in [0.15, 0.2) is 0 Å². The number of fused-ring (bicyclic) bond motifs is 1. The highest BCUT2D eigenvalue weighted by atomic mass is 16.5. The summed E-state index contributed by atoms with van der Waals surface area (Å²) in [5, 5.41) is 0. The SMILES string of the molecule is CCCCCCCCOC1CCC2CC(=O)CCC2C1.